The minimum atomic E-state index is -0.673. The van der Waals surface area contributed by atoms with Gasteiger partial charge < -0.3 is 21.1 Å². The molecule has 0 saturated carbocycles. The third kappa shape index (κ3) is 8.80. The van der Waals surface area contributed by atoms with Crippen molar-refractivity contribution in [2.24, 2.45) is 5.73 Å². The van der Waals surface area contributed by atoms with Crippen molar-refractivity contribution in [3.8, 4) is 0 Å². The van der Waals surface area contributed by atoms with Crippen molar-refractivity contribution in [3.05, 3.63) is 71.8 Å². The van der Waals surface area contributed by atoms with E-state index in [1.54, 1.807) is 20.8 Å². The molecular weight excluding hydrogens is 390 g/mol. The largest absolute Gasteiger partial charge is 0.444 e. The van der Waals surface area contributed by atoms with Gasteiger partial charge >= 0.3 is 6.09 Å². The number of nitrogens with one attached hydrogen (secondary N) is 2. The average Bonchev–Trinajstić information content (AvgIpc) is 2.73. The fourth-order valence-electron chi connectivity index (χ4n) is 3.34. The number of benzene rings is 2. The maximum Gasteiger partial charge on any atom is 0.408 e. The van der Waals surface area contributed by atoms with Crippen LogP contribution in [0.2, 0.25) is 0 Å². The molecule has 168 valence electrons. The van der Waals surface area contributed by atoms with Gasteiger partial charge in [-0.15, -0.1) is 0 Å². The van der Waals surface area contributed by atoms with Gasteiger partial charge in [-0.1, -0.05) is 60.7 Å². The molecule has 6 heteroatoms. The number of ether oxygens (including phenoxy) is 1. The van der Waals surface area contributed by atoms with Crippen molar-refractivity contribution >= 4 is 12.0 Å². The first-order valence-electron chi connectivity index (χ1n) is 10.9. The number of carbonyl (C=O) groups excluding carboxylic acids is 2. The molecule has 0 aliphatic carbocycles. The van der Waals surface area contributed by atoms with Gasteiger partial charge in [0, 0.05) is 12.5 Å². The first-order valence-corrected chi connectivity index (χ1v) is 10.9. The van der Waals surface area contributed by atoms with Crippen molar-refractivity contribution in [3.63, 3.8) is 0 Å². The van der Waals surface area contributed by atoms with Crippen molar-refractivity contribution in [2.45, 2.75) is 57.6 Å². The van der Waals surface area contributed by atoms with Crippen LogP contribution in [-0.4, -0.2) is 36.7 Å². The highest BCUT2D eigenvalue weighted by Crippen LogP contribution is 2.23. The van der Waals surface area contributed by atoms with E-state index in [2.05, 4.69) is 34.9 Å². The summed E-state index contributed by atoms with van der Waals surface area (Å²) in [6, 6.07) is 19.5. The van der Waals surface area contributed by atoms with Gasteiger partial charge in [-0.05, 0) is 57.7 Å². The van der Waals surface area contributed by atoms with Crippen LogP contribution in [0.15, 0.2) is 60.7 Å². The number of unbranched alkanes of at least 4 members (excludes halogenated alkanes) is 1. The molecule has 2 aromatic carbocycles. The maximum absolute atomic E-state index is 13.0. The van der Waals surface area contributed by atoms with Gasteiger partial charge in [-0.25, -0.2) is 4.79 Å². The first-order chi connectivity index (χ1) is 14.8. The minimum Gasteiger partial charge on any atom is -0.444 e. The molecule has 0 fully saturated rings. The molecule has 2 amide bonds. The van der Waals surface area contributed by atoms with Crippen molar-refractivity contribution < 1.29 is 14.3 Å². The van der Waals surface area contributed by atoms with Gasteiger partial charge in [0.05, 0.1) is 0 Å². The highest BCUT2D eigenvalue weighted by atomic mass is 16.6. The highest BCUT2D eigenvalue weighted by molar-refractivity contribution is 5.85. The summed E-state index contributed by atoms with van der Waals surface area (Å²) >= 11 is 0. The Bertz CT molecular complexity index is 764. The summed E-state index contributed by atoms with van der Waals surface area (Å²) in [5, 5.41) is 5.76. The van der Waals surface area contributed by atoms with E-state index < -0.39 is 17.7 Å². The summed E-state index contributed by atoms with van der Waals surface area (Å²) < 4.78 is 5.33. The first kappa shape index (κ1) is 24.4. The van der Waals surface area contributed by atoms with Crippen LogP contribution < -0.4 is 16.4 Å². The Morgan fingerprint density at radius 1 is 0.935 bits per heavy atom. The van der Waals surface area contributed by atoms with Crippen LogP contribution in [0, 0.1) is 0 Å². The summed E-state index contributed by atoms with van der Waals surface area (Å²) in [5.74, 6) is -0.211. The Morgan fingerprint density at radius 3 is 1.97 bits per heavy atom. The van der Waals surface area contributed by atoms with E-state index >= 15 is 0 Å². The second kappa shape index (κ2) is 12.1. The molecule has 2 rings (SSSR count). The quantitative estimate of drug-likeness (QED) is 0.502. The normalized spacial score (nSPS) is 12.3. The predicted octanol–water partition coefficient (Wildman–Crippen LogP) is 3.96. The number of hydrogen-bond donors (Lipinski definition) is 3. The van der Waals surface area contributed by atoms with E-state index in [9.17, 15) is 9.59 Å². The molecule has 0 radical (unpaired) electrons. The standard InChI is InChI=1S/C25H35N3O3/c1-25(2,3)31-24(30)28-22(16-10-11-17-26)23(29)27-18-21(19-12-6-4-7-13-19)20-14-8-5-9-15-20/h4-9,12-15,21-22H,10-11,16-18,26H2,1-3H3,(H,27,29)(H,28,30)/t22-/m1/s1. The average molecular weight is 426 g/mol. The molecule has 0 bridgehead atoms. The fourth-order valence-corrected chi connectivity index (χ4v) is 3.34. The Balaban J connectivity index is 2.09. The SMILES string of the molecule is CC(C)(C)OC(=O)N[C@H](CCCCN)C(=O)NCC(c1ccccc1)c1ccccc1. The lowest BCUT2D eigenvalue weighted by atomic mass is 9.91. The lowest BCUT2D eigenvalue weighted by Crippen LogP contribution is -2.49. The number of carbonyl (C=O) groups is 2. The number of rotatable bonds is 10. The van der Waals surface area contributed by atoms with Crippen LogP contribution in [0.1, 0.15) is 57.1 Å². The van der Waals surface area contributed by atoms with Gasteiger partial charge in [0.25, 0.3) is 0 Å². The molecule has 0 saturated heterocycles. The van der Waals surface area contributed by atoms with Crippen LogP contribution in [0.4, 0.5) is 4.79 Å². The van der Waals surface area contributed by atoms with Crippen LogP contribution >= 0.6 is 0 Å². The summed E-state index contributed by atoms with van der Waals surface area (Å²) in [4.78, 5) is 25.2. The summed E-state index contributed by atoms with van der Waals surface area (Å²) in [6.07, 6.45) is 1.44. The molecule has 0 aromatic heterocycles. The molecule has 0 aliphatic rings. The Hall–Kier alpha value is -2.86. The van der Waals surface area contributed by atoms with Crippen LogP contribution in [0.25, 0.3) is 0 Å². The third-order valence-corrected chi connectivity index (χ3v) is 4.84. The lowest BCUT2D eigenvalue weighted by molar-refractivity contribution is -0.123. The number of nitrogens with two attached hydrogens (primary N) is 1. The topological polar surface area (TPSA) is 93.4 Å². The lowest BCUT2D eigenvalue weighted by Gasteiger charge is -2.24. The molecule has 1 atom stereocenters. The van der Waals surface area contributed by atoms with Gasteiger partial charge in [-0.2, -0.15) is 0 Å². The van der Waals surface area contributed by atoms with Crippen LogP contribution in [0.3, 0.4) is 0 Å². The summed E-state index contributed by atoms with van der Waals surface area (Å²) in [5.41, 5.74) is 7.20. The summed E-state index contributed by atoms with van der Waals surface area (Å²) in [6.45, 7) is 6.35. The van der Waals surface area contributed by atoms with Crippen LogP contribution in [0.5, 0.6) is 0 Å². The fraction of sp³-hybridized carbons (Fsp3) is 0.440. The van der Waals surface area contributed by atoms with Crippen molar-refractivity contribution in [2.75, 3.05) is 13.1 Å². The molecule has 2 aromatic rings. The van der Waals surface area contributed by atoms with E-state index in [-0.39, 0.29) is 11.8 Å². The van der Waals surface area contributed by atoms with Gasteiger partial charge in [-0.3, -0.25) is 4.79 Å². The number of amides is 2. The number of alkyl carbamates (subject to hydrolysis) is 1. The van der Waals surface area contributed by atoms with Gasteiger partial charge in [0.2, 0.25) is 5.91 Å². The molecule has 0 unspecified atom stereocenters. The number of hydrogen-bond acceptors (Lipinski definition) is 4. The van der Waals surface area contributed by atoms with Gasteiger partial charge in [0.15, 0.2) is 0 Å². The molecule has 0 aliphatic heterocycles. The minimum absolute atomic E-state index is 0.0116. The molecule has 6 nitrogen and oxygen atoms in total. The molecule has 4 N–H and O–H groups in total. The van der Waals surface area contributed by atoms with E-state index in [4.69, 9.17) is 10.5 Å². The van der Waals surface area contributed by atoms with Crippen molar-refractivity contribution in [1.82, 2.24) is 10.6 Å². The maximum atomic E-state index is 13.0. The molecule has 31 heavy (non-hydrogen) atoms. The van der Waals surface area contributed by atoms with E-state index in [1.165, 1.54) is 0 Å². The van der Waals surface area contributed by atoms with Gasteiger partial charge in [0.1, 0.15) is 11.6 Å². The molecular formula is C25H35N3O3. The van der Waals surface area contributed by atoms with Crippen molar-refractivity contribution in [1.29, 1.82) is 0 Å². The molecule has 0 spiro atoms. The zero-order valence-corrected chi connectivity index (χ0v) is 18.8. The zero-order chi connectivity index (χ0) is 22.7. The van der Waals surface area contributed by atoms with E-state index in [1.807, 2.05) is 36.4 Å². The molecule has 0 heterocycles. The smallest absolute Gasteiger partial charge is 0.408 e. The van der Waals surface area contributed by atoms with E-state index in [0.717, 1.165) is 24.0 Å². The third-order valence-electron chi connectivity index (χ3n) is 4.84. The summed E-state index contributed by atoms with van der Waals surface area (Å²) in [7, 11) is 0. The zero-order valence-electron chi connectivity index (χ0n) is 18.8. The Morgan fingerprint density at radius 2 is 1.48 bits per heavy atom. The van der Waals surface area contributed by atoms with Crippen LogP contribution in [-0.2, 0) is 9.53 Å². The Labute approximate surface area is 185 Å². The van der Waals surface area contributed by atoms with E-state index in [0.29, 0.717) is 19.5 Å². The monoisotopic (exact) mass is 425 g/mol. The second-order valence-corrected chi connectivity index (χ2v) is 8.60. The predicted molar refractivity (Wildman–Crippen MR) is 124 cm³/mol. The Kier molecular flexibility index (Phi) is 9.53. The second-order valence-electron chi connectivity index (χ2n) is 8.60. The highest BCUT2D eigenvalue weighted by Gasteiger charge is 2.25.